The highest BCUT2D eigenvalue weighted by Gasteiger charge is 2.17. The third kappa shape index (κ3) is 3.91. The number of methoxy groups -OCH3 is 1. The minimum absolute atomic E-state index is 0. The van der Waals surface area contributed by atoms with Crippen LogP contribution in [0.5, 0.6) is 5.75 Å². The van der Waals surface area contributed by atoms with E-state index in [0.717, 1.165) is 34.4 Å². The summed E-state index contributed by atoms with van der Waals surface area (Å²) in [6, 6.07) is 11.7. The fourth-order valence-electron chi connectivity index (χ4n) is 2.85. The average Bonchev–Trinajstić information content (AvgIpc) is 3.01. The molecule has 3 rings (SSSR count). The van der Waals surface area contributed by atoms with E-state index in [4.69, 9.17) is 4.74 Å². The van der Waals surface area contributed by atoms with Crippen LogP contribution in [-0.4, -0.2) is 25.0 Å². The van der Waals surface area contributed by atoms with E-state index in [1.165, 1.54) is 11.1 Å². The van der Waals surface area contributed by atoms with Crippen molar-refractivity contribution in [1.82, 2.24) is 10.2 Å². The second-order valence-corrected chi connectivity index (χ2v) is 6.62. The summed E-state index contributed by atoms with van der Waals surface area (Å²) in [6.07, 6.45) is 0. The minimum Gasteiger partial charge on any atom is -0.496 e. The van der Waals surface area contributed by atoms with Crippen molar-refractivity contribution in [3.63, 3.8) is 0 Å². The second-order valence-electron chi connectivity index (χ2n) is 5.70. The third-order valence-corrected chi connectivity index (χ3v) is 4.57. The molecule has 4 nitrogen and oxygen atoms in total. The Balaban J connectivity index is 0.00000208. The first kappa shape index (κ1) is 18.8. The van der Waals surface area contributed by atoms with Gasteiger partial charge in [0.25, 0.3) is 5.91 Å². The molecule has 24 heavy (non-hydrogen) atoms. The molecule has 0 radical (unpaired) electrons. The zero-order valence-corrected chi connectivity index (χ0v) is 16.0. The molecule has 2 aromatic carbocycles. The predicted molar refractivity (Wildman–Crippen MR) is 101 cm³/mol. The van der Waals surface area contributed by atoms with Crippen molar-refractivity contribution in [3.05, 3.63) is 63.1 Å². The summed E-state index contributed by atoms with van der Waals surface area (Å²) in [5.74, 6) is 0.799. The summed E-state index contributed by atoms with van der Waals surface area (Å²) in [5.41, 5.74) is 4.19. The molecule has 1 aliphatic heterocycles. The minimum atomic E-state index is 0. The molecule has 1 amide bonds. The van der Waals surface area contributed by atoms with Gasteiger partial charge in [0.2, 0.25) is 0 Å². The maximum absolute atomic E-state index is 12.7. The highest BCUT2D eigenvalue weighted by molar-refractivity contribution is 9.10. The first-order valence-corrected chi connectivity index (χ1v) is 8.28. The first-order valence-electron chi connectivity index (χ1n) is 7.49. The summed E-state index contributed by atoms with van der Waals surface area (Å²) < 4.78 is 6.35. The fraction of sp³-hybridized carbons (Fsp3) is 0.278. The summed E-state index contributed by atoms with van der Waals surface area (Å²) >= 11 is 3.47. The van der Waals surface area contributed by atoms with E-state index >= 15 is 0 Å². The van der Waals surface area contributed by atoms with Crippen molar-refractivity contribution >= 4 is 34.2 Å². The predicted octanol–water partition coefficient (Wildman–Crippen LogP) is 3.75. The molecule has 0 aromatic heterocycles. The molecule has 0 bridgehead atoms. The number of carbonyl (C=O) groups is 1. The first-order chi connectivity index (χ1) is 11.1. The summed E-state index contributed by atoms with van der Waals surface area (Å²) in [6.45, 7) is 2.21. The molecular formula is C18H20BrClN2O2. The molecule has 1 N–H and O–H groups in total. The number of halogens is 2. The molecule has 0 saturated carbocycles. The van der Waals surface area contributed by atoms with Gasteiger partial charge in [0, 0.05) is 42.3 Å². The molecule has 0 atom stereocenters. The van der Waals surface area contributed by atoms with Crippen LogP contribution in [0.1, 0.15) is 27.0 Å². The van der Waals surface area contributed by atoms with Gasteiger partial charge in [-0.2, -0.15) is 0 Å². The monoisotopic (exact) mass is 410 g/mol. The number of fused-ring (bicyclic) bond motifs is 1. The van der Waals surface area contributed by atoms with Crippen molar-refractivity contribution in [2.24, 2.45) is 0 Å². The van der Waals surface area contributed by atoms with E-state index < -0.39 is 0 Å². The van der Waals surface area contributed by atoms with Gasteiger partial charge in [0.1, 0.15) is 5.75 Å². The largest absolute Gasteiger partial charge is 0.496 e. The van der Waals surface area contributed by atoms with Gasteiger partial charge in [0.15, 0.2) is 0 Å². The standard InChI is InChI=1S/C18H19BrN2O2.ClH/c1-21(11-15-8-16(19)5-6-17(15)23-2)18(22)12-3-4-13-9-20-10-14(13)7-12;/h3-8,20H,9-11H2,1-2H3;1H. The maximum Gasteiger partial charge on any atom is 0.253 e. The van der Waals surface area contributed by atoms with E-state index in [1.54, 1.807) is 12.0 Å². The maximum atomic E-state index is 12.7. The van der Waals surface area contributed by atoms with Gasteiger partial charge in [0.05, 0.1) is 7.11 Å². The number of amides is 1. The van der Waals surface area contributed by atoms with E-state index in [-0.39, 0.29) is 18.3 Å². The van der Waals surface area contributed by atoms with Crippen LogP contribution in [0.4, 0.5) is 0 Å². The van der Waals surface area contributed by atoms with Gasteiger partial charge in [-0.25, -0.2) is 0 Å². The van der Waals surface area contributed by atoms with Gasteiger partial charge >= 0.3 is 0 Å². The highest BCUT2D eigenvalue weighted by atomic mass is 79.9. The van der Waals surface area contributed by atoms with Gasteiger partial charge in [-0.1, -0.05) is 22.0 Å². The van der Waals surface area contributed by atoms with Crippen LogP contribution < -0.4 is 10.1 Å². The molecule has 1 aliphatic rings. The van der Waals surface area contributed by atoms with Crippen LogP contribution in [0.3, 0.4) is 0 Å². The van der Waals surface area contributed by atoms with Crippen LogP contribution in [0.2, 0.25) is 0 Å². The van der Waals surface area contributed by atoms with Crippen LogP contribution in [-0.2, 0) is 19.6 Å². The van der Waals surface area contributed by atoms with E-state index in [9.17, 15) is 4.79 Å². The van der Waals surface area contributed by atoms with E-state index in [2.05, 4.69) is 21.2 Å². The SMILES string of the molecule is COc1ccc(Br)cc1CN(C)C(=O)c1ccc2c(c1)CNC2.Cl. The molecule has 0 aliphatic carbocycles. The van der Waals surface area contributed by atoms with Crippen LogP contribution in [0.25, 0.3) is 0 Å². The Morgan fingerprint density at radius 2 is 1.96 bits per heavy atom. The summed E-state index contributed by atoms with van der Waals surface area (Å²) in [4.78, 5) is 14.4. The van der Waals surface area contributed by atoms with Crippen molar-refractivity contribution in [2.45, 2.75) is 19.6 Å². The van der Waals surface area contributed by atoms with Gasteiger partial charge < -0.3 is 15.0 Å². The molecule has 0 spiro atoms. The normalized spacial score (nSPS) is 12.3. The molecule has 0 saturated heterocycles. The van der Waals surface area contributed by atoms with Gasteiger partial charge in [-0.15, -0.1) is 12.4 Å². The lowest BCUT2D eigenvalue weighted by Gasteiger charge is -2.19. The van der Waals surface area contributed by atoms with Crippen molar-refractivity contribution in [2.75, 3.05) is 14.2 Å². The van der Waals surface area contributed by atoms with Crippen molar-refractivity contribution in [3.8, 4) is 5.75 Å². The Morgan fingerprint density at radius 1 is 1.21 bits per heavy atom. The van der Waals surface area contributed by atoms with E-state index in [1.807, 2.05) is 43.4 Å². The van der Waals surface area contributed by atoms with Crippen LogP contribution >= 0.6 is 28.3 Å². The van der Waals surface area contributed by atoms with Crippen molar-refractivity contribution in [1.29, 1.82) is 0 Å². The Hall–Kier alpha value is -1.56. The number of carbonyl (C=O) groups excluding carboxylic acids is 1. The fourth-order valence-corrected chi connectivity index (χ4v) is 3.25. The number of nitrogens with one attached hydrogen (secondary N) is 1. The average molecular weight is 412 g/mol. The molecule has 0 fully saturated rings. The van der Waals surface area contributed by atoms with Crippen LogP contribution in [0, 0.1) is 0 Å². The quantitative estimate of drug-likeness (QED) is 0.833. The third-order valence-electron chi connectivity index (χ3n) is 4.08. The number of ether oxygens (including phenoxy) is 1. The Morgan fingerprint density at radius 3 is 2.71 bits per heavy atom. The zero-order valence-electron chi connectivity index (χ0n) is 13.6. The lowest BCUT2D eigenvalue weighted by Crippen LogP contribution is -2.26. The Labute approximate surface area is 156 Å². The Bertz CT molecular complexity index is 752. The number of hydrogen-bond donors (Lipinski definition) is 1. The van der Waals surface area contributed by atoms with E-state index in [0.29, 0.717) is 6.54 Å². The molecule has 1 heterocycles. The molecular weight excluding hydrogens is 392 g/mol. The highest BCUT2D eigenvalue weighted by Crippen LogP contribution is 2.25. The molecule has 6 heteroatoms. The van der Waals surface area contributed by atoms with Gasteiger partial charge in [-0.3, -0.25) is 4.79 Å². The Kier molecular flexibility index (Phi) is 6.27. The molecule has 0 unspecified atom stereocenters. The second kappa shape index (κ2) is 8.01. The lowest BCUT2D eigenvalue weighted by atomic mass is 10.1. The number of rotatable bonds is 4. The number of nitrogens with zero attached hydrogens (tertiary/aromatic N) is 1. The van der Waals surface area contributed by atoms with Gasteiger partial charge in [-0.05, 0) is 41.5 Å². The smallest absolute Gasteiger partial charge is 0.253 e. The number of hydrogen-bond acceptors (Lipinski definition) is 3. The number of benzene rings is 2. The zero-order chi connectivity index (χ0) is 16.4. The van der Waals surface area contributed by atoms with Crippen LogP contribution in [0.15, 0.2) is 40.9 Å². The summed E-state index contributed by atoms with van der Waals surface area (Å²) in [5, 5.41) is 3.30. The molecule has 128 valence electrons. The topological polar surface area (TPSA) is 41.6 Å². The summed E-state index contributed by atoms with van der Waals surface area (Å²) in [7, 11) is 3.45. The van der Waals surface area contributed by atoms with Crippen molar-refractivity contribution < 1.29 is 9.53 Å². The molecule has 2 aromatic rings. The lowest BCUT2D eigenvalue weighted by molar-refractivity contribution is 0.0784.